The van der Waals surface area contributed by atoms with E-state index in [0.717, 1.165) is 18.4 Å². The number of carbonyl (C=O) groups is 1. The summed E-state index contributed by atoms with van der Waals surface area (Å²) in [6, 6.07) is 12.0. The lowest BCUT2D eigenvalue weighted by Gasteiger charge is -2.41. The first kappa shape index (κ1) is 24.9. The van der Waals surface area contributed by atoms with E-state index in [1.165, 1.54) is 6.07 Å². The van der Waals surface area contributed by atoms with Crippen LogP contribution in [-0.4, -0.2) is 50.4 Å². The van der Waals surface area contributed by atoms with Gasteiger partial charge in [-0.15, -0.1) is 22.6 Å². The van der Waals surface area contributed by atoms with E-state index in [0.29, 0.717) is 31.1 Å². The van der Waals surface area contributed by atoms with Crippen LogP contribution in [0.15, 0.2) is 42.5 Å². The number of halogens is 2. The summed E-state index contributed by atoms with van der Waals surface area (Å²) in [5.74, 6) is -0.0125. The lowest BCUT2D eigenvalue weighted by molar-refractivity contribution is -0.141. The van der Waals surface area contributed by atoms with Crippen LogP contribution in [0.1, 0.15) is 31.2 Å². The first-order chi connectivity index (χ1) is 16.6. The molecule has 0 amide bonds. The molecule has 2 aromatic carbocycles. The first-order valence-electron chi connectivity index (χ1n) is 11.4. The van der Waals surface area contributed by atoms with Crippen LogP contribution in [0.5, 0.6) is 11.5 Å². The van der Waals surface area contributed by atoms with Crippen molar-refractivity contribution in [2.45, 2.75) is 44.4 Å². The van der Waals surface area contributed by atoms with Crippen LogP contribution in [0, 0.1) is 17.7 Å². The molecule has 5 rings (SSSR count). The summed E-state index contributed by atoms with van der Waals surface area (Å²) < 4.78 is 27.4. The van der Waals surface area contributed by atoms with Crippen LogP contribution in [0.25, 0.3) is 11.4 Å². The van der Waals surface area contributed by atoms with Gasteiger partial charge in [0.2, 0.25) is 5.82 Å². The van der Waals surface area contributed by atoms with Gasteiger partial charge in [0.05, 0.1) is 6.10 Å². The molecule has 11 heteroatoms. The van der Waals surface area contributed by atoms with E-state index < -0.39 is 17.8 Å². The van der Waals surface area contributed by atoms with Crippen molar-refractivity contribution in [3.63, 3.8) is 0 Å². The lowest BCUT2D eigenvalue weighted by Crippen LogP contribution is -2.50. The van der Waals surface area contributed by atoms with E-state index in [-0.39, 0.29) is 48.2 Å². The van der Waals surface area contributed by atoms with E-state index in [4.69, 9.17) is 9.47 Å². The molecular formula is C24H27ClFN5O4. The Morgan fingerprint density at radius 1 is 1.14 bits per heavy atom. The predicted molar refractivity (Wildman–Crippen MR) is 127 cm³/mol. The molecular weight excluding hydrogens is 477 g/mol. The zero-order chi connectivity index (χ0) is 23.5. The molecule has 2 aliphatic rings. The summed E-state index contributed by atoms with van der Waals surface area (Å²) in [4.78, 5) is 11.4. The summed E-state index contributed by atoms with van der Waals surface area (Å²) in [6.07, 6.45) is 2.80. The minimum absolute atomic E-state index is 0. The van der Waals surface area contributed by atoms with Crippen molar-refractivity contribution in [2.75, 3.05) is 6.54 Å². The maximum Gasteiger partial charge on any atom is 0.320 e. The Kier molecular flexibility index (Phi) is 7.82. The van der Waals surface area contributed by atoms with Crippen LogP contribution in [-0.2, 0) is 11.4 Å². The van der Waals surface area contributed by atoms with Gasteiger partial charge in [0.1, 0.15) is 35.5 Å². The molecule has 1 aromatic heterocycles. The number of H-pyrrole nitrogens is 1. The van der Waals surface area contributed by atoms with Crippen molar-refractivity contribution < 1.29 is 23.8 Å². The number of tetrazole rings is 1. The fourth-order valence-electron chi connectivity index (χ4n) is 4.96. The Labute approximate surface area is 207 Å². The van der Waals surface area contributed by atoms with Crippen LogP contribution in [0.4, 0.5) is 4.39 Å². The third kappa shape index (κ3) is 5.71. The number of aliphatic carboxylic acids is 1. The number of hydrogen-bond acceptors (Lipinski definition) is 7. The second-order valence-corrected chi connectivity index (χ2v) is 8.90. The zero-order valence-electron chi connectivity index (χ0n) is 18.9. The number of ether oxygens (including phenoxy) is 2. The third-order valence-electron chi connectivity index (χ3n) is 6.69. The number of aromatic nitrogens is 4. The van der Waals surface area contributed by atoms with Gasteiger partial charge in [-0.05, 0) is 54.8 Å². The standard InChI is InChI=1S/C24H26FN5O4.ClH/c25-19-10-18(33-13-14-4-2-1-3-5-14)11-21(22(19)23-27-29-30-28-23)34-17-7-6-15-12-26-20(24(31)32)9-16(15)8-17;/h1-5,10-11,15-17,20,26H,6-9,12-13H2,(H,31,32)(H,27,28,29,30);1H/t15-,16+,17-,20-;/m0./s1. The summed E-state index contributed by atoms with van der Waals surface area (Å²) in [6.45, 7) is 0.984. The van der Waals surface area contributed by atoms with Gasteiger partial charge >= 0.3 is 5.97 Å². The average Bonchev–Trinajstić information content (AvgIpc) is 3.37. The first-order valence-corrected chi connectivity index (χ1v) is 11.4. The molecule has 1 aliphatic carbocycles. The topological polar surface area (TPSA) is 122 Å². The Balaban J connectivity index is 0.00000289. The van der Waals surface area contributed by atoms with E-state index in [1.807, 2.05) is 30.3 Å². The number of nitrogens with zero attached hydrogens (tertiary/aromatic N) is 3. The molecule has 2 heterocycles. The molecule has 0 bridgehead atoms. The fourth-order valence-corrected chi connectivity index (χ4v) is 4.96. The van der Waals surface area contributed by atoms with Crippen molar-refractivity contribution in [1.29, 1.82) is 0 Å². The number of rotatable bonds is 7. The van der Waals surface area contributed by atoms with E-state index in [2.05, 4.69) is 25.9 Å². The van der Waals surface area contributed by atoms with E-state index in [9.17, 15) is 9.90 Å². The normalized spacial score (nSPS) is 23.6. The number of aromatic amines is 1. The van der Waals surface area contributed by atoms with Crippen molar-refractivity contribution >= 4 is 18.4 Å². The van der Waals surface area contributed by atoms with Gasteiger partial charge in [-0.1, -0.05) is 30.3 Å². The molecule has 0 unspecified atom stereocenters. The van der Waals surface area contributed by atoms with E-state index >= 15 is 4.39 Å². The number of benzene rings is 2. The van der Waals surface area contributed by atoms with Gasteiger partial charge in [-0.3, -0.25) is 4.79 Å². The van der Waals surface area contributed by atoms with Gasteiger partial charge in [-0.25, -0.2) is 4.39 Å². The molecule has 0 spiro atoms. The Morgan fingerprint density at radius 3 is 2.71 bits per heavy atom. The molecule has 3 aromatic rings. The van der Waals surface area contributed by atoms with Crippen molar-refractivity contribution in [3.8, 4) is 22.9 Å². The number of hydrogen-bond donors (Lipinski definition) is 3. The minimum Gasteiger partial charge on any atom is -0.489 e. The van der Waals surface area contributed by atoms with Gasteiger partial charge in [0, 0.05) is 12.1 Å². The Morgan fingerprint density at radius 2 is 1.97 bits per heavy atom. The Bertz CT molecular complexity index is 1130. The van der Waals surface area contributed by atoms with Gasteiger partial charge in [0.25, 0.3) is 0 Å². The molecule has 0 radical (unpaired) electrons. The van der Waals surface area contributed by atoms with Crippen LogP contribution < -0.4 is 14.8 Å². The SMILES string of the molecule is Cl.O=C(O)[C@@H]1C[C@H]2C[C@@H](Oc3cc(OCc4ccccc4)cc(F)c3-c3nn[nH]n3)CC[C@H]2CN1. The number of piperidine rings is 1. The van der Waals surface area contributed by atoms with E-state index in [1.54, 1.807) is 6.07 Å². The number of nitrogens with one attached hydrogen (secondary N) is 2. The van der Waals surface area contributed by atoms with Crippen LogP contribution in [0.3, 0.4) is 0 Å². The van der Waals surface area contributed by atoms with Gasteiger partial charge in [-0.2, -0.15) is 5.21 Å². The number of fused-ring (bicyclic) bond motifs is 1. The highest BCUT2D eigenvalue weighted by atomic mass is 35.5. The average molecular weight is 504 g/mol. The highest BCUT2D eigenvalue weighted by Gasteiger charge is 2.38. The Hall–Kier alpha value is -3.24. The molecule has 2 fully saturated rings. The highest BCUT2D eigenvalue weighted by molar-refractivity contribution is 5.85. The van der Waals surface area contributed by atoms with Crippen LogP contribution in [0.2, 0.25) is 0 Å². The predicted octanol–water partition coefficient (Wildman–Crippen LogP) is 3.62. The lowest BCUT2D eigenvalue weighted by atomic mass is 9.72. The quantitative estimate of drug-likeness (QED) is 0.447. The summed E-state index contributed by atoms with van der Waals surface area (Å²) in [5.41, 5.74) is 1.08. The van der Waals surface area contributed by atoms with Gasteiger partial charge < -0.3 is 19.9 Å². The maximum absolute atomic E-state index is 15.2. The number of carboxylic acid groups (broad SMARTS) is 1. The minimum atomic E-state index is -0.828. The zero-order valence-corrected chi connectivity index (χ0v) is 19.7. The van der Waals surface area contributed by atoms with Crippen molar-refractivity contribution in [2.24, 2.45) is 11.8 Å². The monoisotopic (exact) mass is 503 g/mol. The van der Waals surface area contributed by atoms with Crippen molar-refractivity contribution in [1.82, 2.24) is 25.9 Å². The smallest absolute Gasteiger partial charge is 0.320 e. The maximum atomic E-state index is 15.2. The molecule has 4 atom stereocenters. The summed E-state index contributed by atoms with van der Waals surface area (Å²) in [5, 5.41) is 26.3. The van der Waals surface area contributed by atoms with Gasteiger partial charge in [0.15, 0.2) is 0 Å². The molecule has 35 heavy (non-hydrogen) atoms. The second-order valence-electron chi connectivity index (χ2n) is 8.90. The molecule has 3 N–H and O–H groups in total. The number of carboxylic acids is 1. The summed E-state index contributed by atoms with van der Waals surface area (Å²) in [7, 11) is 0. The molecule has 1 saturated heterocycles. The molecule has 186 valence electrons. The third-order valence-corrected chi connectivity index (χ3v) is 6.69. The highest BCUT2D eigenvalue weighted by Crippen LogP contribution is 2.40. The second kappa shape index (κ2) is 11.0. The van der Waals surface area contributed by atoms with Crippen molar-refractivity contribution in [3.05, 3.63) is 53.8 Å². The summed E-state index contributed by atoms with van der Waals surface area (Å²) >= 11 is 0. The van der Waals surface area contributed by atoms with Crippen LogP contribution >= 0.6 is 12.4 Å². The largest absolute Gasteiger partial charge is 0.489 e. The molecule has 1 saturated carbocycles. The fraction of sp³-hybridized carbons (Fsp3) is 0.417. The molecule has 1 aliphatic heterocycles. The molecule has 9 nitrogen and oxygen atoms in total.